The second kappa shape index (κ2) is 4.80. The SMILES string of the molecule is CC1(C)NC(=O)CCN(C2CCCCC2(C)C)C1=O. The summed E-state index contributed by atoms with van der Waals surface area (Å²) in [7, 11) is 0. The highest BCUT2D eigenvalue weighted by Gasteiger charge is 2.44. The lowest BCUT2D eigenvalue weighted by Gasteiger charge is -2.46. The standard InChI is InChI=1S/C15H26N2O2/c1-14(2)9-6-5-7-11(14)17-10-8-12(18)16-15(3,4)13(17)19/h11H,5-10H2,1-4H3,(H,16,18). The van der Waals surface area contributed by atoms with Crippen LogP contribution < -0.4 is 5.32 Å². The van der Waals surface area contributed by atoms with Gasteiger partial charge in [0.1, 0.15) is 5.54 Å². The van der Waals surface area contributed by atoms with Crippen LogP contribution in [-0.2, 0) is 9.59 Å². The summed E-state index contributed by atoms with van der Waals surface area (Å²) in [6.45, 7) is 8.67. The molecule has 4 heteroatoms. The van der Waals surface area contributed by atoms with E-state index in [1.54, 1.807) is 13.8 Å². The third-order valence-corrected chi connectivity index (χ3v) is 4.65. The van der Waals surface area contributed by atoms with Crippen molar-refractivity contribution in [1.82, 2.24) is 10.2 Å². The Labute approximate surface area is 115 Å². The third-order valence-electron chi connectivity index (χ3n) is 4.65. The highest BCUT2D eigenvalue weighted by molar-refractivity contribution is 5.93. The maximum absolute atomic E-state index is 12.7. The van der Waals surface area contributed by atoms with Gasteiger partial charge in [-0.3, -0.25) is 9.59 Å². The van der Waals surface area contributed by atoms with E-state index in [0.29, 0.717) is 13.0 Å². The number of carbonyl (C=O) groups is 2. The summed E-state index contributed by atoms with van der Waals surface area (Å²) in [6, 6.07) is 0.265. The quantitative estimate of drug-likeness (QED) is 0.790. The van der Waals surface area contributed by atoms with Gasteiger partial charge in [-0.2, -0.15) is 0 Å². The number of nitrogens with one attached hydrogen (secondary N) is 1. The summed E-state index contributed by atoms with van der Waals surface area (Å²) in [5.41, 5.74) is -0.626. The van der Waals surface area contributed by atoms with E-state index >= 15 is 0 Å². The van der Waals surface area contributed by atoms with E-state index in [2.05, 4.69) is 19.2 Å². The Bertz CT molecular complexity index is 388. The van der Waals surface area contributed by atoms with Gasteiger partial charge >= 0.3 is 0 Å². The highest BCUT2D eigenvalue weighted by Crippen LogP contribution is 2.39. The molecule has 0 aromatic carbocycles. The summed E-state index contributed by atoms with van der Waals surface area (Å²) in [6.07, 6.45) is 5.06. The molecular formula is C15H26N2O2. The van der Waals surface area contributed by atoms with Crippen LogP contribution in [0.4, 0.5) is 0 Å². The van der Waals surface area contributed by atoms with Crippen molar-refractivity contribution in [1.29, 1.82) is 0 Å². The van der Waals surface area contributed by atoms with Gasteiger partial charge in [0.15, 0.2) is 0 Å². The van der Waals surface area contributed by atoms with Crippen molar-refractivity contribution in [3.8, 4) is 0 Å². The molecule has 2 fully saturated rings. The molecule has 2 rings (SSSR count). The molecule has 1 N–H and O–H groups in total. The molecule has 2 aliphatic rings. The molecule has 0 aromatic heterocycles. The zero-order chi connectivity index (χ0) is 14.3. The molecule has 0 radical (unpaired) electrons. The lowest BCUT2D eigenvalue weighted by atomic mass is 9.72. The Kier molecular flexibility index (Phi) is 3.63. The summed E-state index contributed by atoms with van der Waals surface area (Å²) < 4.78 is 0. The number of hydrogen-bond acceptors (Lipinski definition) is 2. The van der Waals surface area contributed by atoms with E-state index in [9.17, 15) is 9.59 Å². The molecule has 1 heterocycles. The zero-order valence-electron chi connectivity index (χ0n) is 12.6. The van der Waals surface area contributed by atoms with Crippen LogP contribution in [0.3, 0.4) is 0 Å². The minimum atomic E-state index is -0.777. The minimum Gasteiger partial charge on any atom is -0.342 e. The van der Waals surface area contributed by atoms with Crippen LogP contribution in [0.25, 0.3) is 0 Å². The predicted octanol–water partition coefficient (Wildman–Crippen LogP) is 2.08. The van der Waals surface area contributed by atoms with Gasteiger partial charge in [-0.05, 0) is 32.1 Å². The second-order valence-corrected chi connectivity index (χ2v) is 7.17. The average molecular weight is 266 g/mol. The van der Waals surface area contributed by atoms with Crippen molar-refractivity contribution in [2.45, 2.75) is 71.4 Å². The number of nitrogens with zero attached hydrogens (tertiary/aromatic N) is 1. The smallest absolute Gasteiger partial charge is 0.248 e. The molecule has 4 nitrogen and oxygen atoms in total. The molecule has 1 atom stereocenters. The largest absolute Gasteiger partial charge is 0.342 e. The molecule has 108 valence electrons. The molecule has 1 aliphatic heterocycles. The molecule has 19 heavy (non-hydrogen) atoms. The van der Waals surface area contributed by atoms with Gasteiger partial charge in [0.25, 0.3) is 0 Å². The van der Waals surface area contributed by atoms with E-state index in [1.807, 2.05) is 4.90 Å². The number of amides is 2. The van der Waals surface area contributed by atoms with Crippen molar-refractivity contribution in [3.05, 3.63) is 0 Å². The fourth-order valence-electron chi connectivity index (χ4n) is 3.50. The summed E-state index contributed by atoms with van der Waals surface area (Å²) in [4.78, 5) is 26.4. The maximum Gasteiger partial charge on any atom is 0.248 e. The number of rotatable bonds is 1. The molecule has 0 spiro atoms. The predicted molar refractivity (Wildman–Crippen MR) is 74.6 cm³/mol. The maximum atomic E-state index is 12.7. The van der Waals surface area contributed by atoms with Crippen LogP contribution in [0, 0.1) is 5.41 Å². The summed E-state index contributed by atoms with van der Waals surface area (Å²) in [5, 5.41) is 2.83. The van der Waals surface area contributed by atoms with Crippen LogP contribution in [-0.4, -0.2) is 34.8 Å². The molecular weight excluding hydrogens is 240 g/mol. The lowest BCUT2D eigenvalue weighted by molar-refractivity contribution is -0.142. The molecule has 0 aromatic rings. The monoisotopic (exact) mass is 266 g/mol. The third kappa shape index (κ3) is 2.77. The first-order chi connectivity index (χ1) is 8.74. The first kappa shape index (κ1) is 14.4. The van der Waals surface area contributed by atoms with Crippen molar-refractivity contribution >= 4 is 11.8 Å². The van der Waals surface area contributed by atoms with Crippen LogP contribution in [0.15, 0.2) is 0 Å². The topological polar surface area (TPSA) is 49.4 Å². The van der Waals surface area contributed by atoms with Crippen LogP contribution in [0.5, 0.6) is 0 Å². The van der Waals surface area contributed by atoms with Crippen molar-refractivity contribution in [2.75, 3.05) is 6.54 Å². The first-order valence-electron chi connectivity index (χ1n) is 7.36. The van der Waals surface area contributed by atoms with E-state index < -0.39 is 5.54 Å². The molecule has 1 aliphatic carbocycles. The van der Waals surface area contributed by atoms with Crippen molar-refractivity contribution < 1.29 is 9.59 Å². The average Bonchev–Trinajstić information content (AvgIpc) is 2.38. The van der Waals surface area contributed by atoms with Gasteiger partial charge in [0.05, 0.1) is 0 Å². The Morgan fingerprint density at radius 2 is 1.84 bits per heavy atom. The number of carbonyl (C=O) groups excluding carboxylic acids is 2. The van der Waals surface area contributed by atoms with Gasteiger partial charge in [-0.15, -0.1) is 0 Å². The molecule has 1 saturated carbocycles. The van der Waals surface area contributed by atoms with Crippen LogP contribution in [0.1, 0.15) is 59.8 Å². The van der Waals surface area contributed by atoms with Gasteiger partial charge in [-0.1, -0.05) is 26.7 Å². The van der Waals surface area contributed by atoms with Gasteiger partial charge in [-0.25, -0.2) is 0 Å². The van der Waals surface area contributed by atoms with Crippen LogP contribution in [0.2, 0.25) is 0 Å². The normalized spacial score (nSPS) is 30.7. The Morgan fingerprint density at radius 1 is 1.16 bits per heavy atom. The Morgan fingerprint density at radius 3 is 2.47 bits per heavy atom. The molecule has 1 saturated heterocycles. The lowest BCUT2D eigenvalue weighted by Crippen LogP contribution is -2.58. The zero-order valence-corrected chi connectivity index (χ0v) is 12.6. The number of hydrogen-bond donors (Lipinski definition) is 1. The van der Waals surface area contributed by atoms with E-state index in [0.717, 1.165) is 12.8 Å². The highest BCUT2D eigenvalue weighted by atomic mass is 16.2. The van der Waals surface area contributed by atoms with Gasteiger partial charge < -0.3 is 10.2 Å². The van der Waals surface area contributed by atoms with Gasteiger partial charge in [0.2, 0.25) is 11.8 Å². The van der Waals surface area contributed by atoms with E-state index in [4.69, 9.17) is 0 Å². The fraction of sp³-hybridized carbons (Fsp3) is 0.867. The molecule has 2 amide bonds. The van der Waals surface area contributed by atoms with E-state index in [-0.39, 0.29) is 23.3 Å². The Balaban J connectivity index is 2.26. The minimum absolute atomic E-state index is 0.0190. The van der Waals surface area contributed by atoms with Gasteiger partial charge in [0, 0.05) is 19.0 Å². The van der Waals surface area contributed by atoms with E-state index in [1.165, 1.54) is 12.8 Å². The summed E-state index contributed by atoms with van der Waals surface area (Å²) >= 11 is 0. The van der Waals surface area contributed by atoms with Crippen molar-refractivity contribution in [3.63, 3.8) is 0 Å². The summed E-state index contributed by atoms with van der Waals surface area (Å²) in [5.74, 6) is 0.0489. The Hall–Kier alpha value is -1.06. The fourth-order valence-corrected chi connectivity index (χ4v) is 3.50. The first-order valence-corrected chi connectivity index (χ1v) is 7.36. The second-order valence-electron chi connectivity index (χ2n) is 7.17. The molecule has 1 unspecified atom stereocenters. The van der Waals surface area contributed by atoms with Crippen LogP contribution >= 0.6 is 0 Å². The molecule has 0 bridgehead atoms. The van der Waals surface area contributed by atoms with Crippen molar-refractivity contribution in [2.24, 2.45) is 5.41 Å².